The second kappa shape index (κ2) is 9.17. The molecule has 1 aromatic heterocycles. The van der Waals surface area contributed by atoms with Crippen LogP contribution in [0.4, 0.5) is 8.78 Å². The van der Waals surface area contributed by atoms with Crippen LogP contribution in [-0.2, 0) is 9.47 Å². The van der Waals surface area contributed by atoms with E-state index in [2.05, 4.69) is 5.10 Å². The predicted molar refractivity (Wildman–Crippen MR) is 103 cm³/mol. The number of carbonyl (C=O) groups is 2. The van der Waals surface area contributed by atoms with Crippen molar-refractivity contribution in [3.05, 3.63) is 65.9 Å². The maximum absolute atomic E-state index is 12.6. The molecule has 0 unspecified atom stereocenters. The first-order valence-corrected chi connectivity index (χ1v) is 8.82. The van der Waals surface area contributed by atoms with Gasteiger partial charge >= 0.3 is 11.9 Å². The van der Waals surface area contributed by atoms with Crippen LogP contribution in [0.25, 0.3) is 16.9 Å². The lowest BCUT2D eigenvalue weighted by molar-refractivity contribution is 0.0549. The molecule has 2 aromatic carbocycles. The lowest BCUT2D eigenvalue weighted by Crippen LogP contribution is -2.15. The minimum absolute atomic E-state index is 0.112. The number of hydrogen-bond donors (Lipinski definition) is 0. The number of nitrogens with zero attached hydrogens (tertiary/aromatic N) is 2. The zero-order valence-corrected chi connectivity index (χ0v) is 16.2. The Morgan fingerprint density at radius 3 is 2.33 bits per heavy atom. The van der Waals surface area contributed by atoms with Gasteiger partial charge in [-0.1, -0.05) is 30.3 Å². The molecular weight excluding hydrogens is 398 g/mol. The van der Waals surface area contributed by atoms with Gasteiger partial charge in [0.25, 0.3) is 6.43 Å². The number of hydrogen-bond acceptors (Lipinski definition) is 6. The number of alkyl halides is 2. The Balaban J connectivity index is 2.22. The highest BCUT2D eigenvalue weighted by Crippen LogP contribution is 2.31. The van der Waals surface area contributed by atoms with Gasteiger partial charge in [0.2, 0.25) is 0 Å². The van der Waals surface area contributed by atoms with Gasteiger partial charge in [0.05, 0.1) is 19.9 Å². The van der Waals surface area contributed by atoms with Crippen molar-refractivity contribution in [1.29, 1.82) is 0 Å². The summed E-state index contributed by atoms with van der Waals surface area (Å²) >= 11 is 0. The molecule has 9 heteroatoms. The monoisotopic (exact) mass is 416 g/mol. The van der Waals surface area contributed by atoms with Crippen molar-refractivity contribution in [2.75, 3.05) is 20.8 Å². The summed E-state index contributed by atoms with van der Waals surface area (Å²) < 4.78 is 41.0. The lowest BCUT2D eigenvalue weighted by atomic mass is 10.1. The molecule has 0 radical (unpaired) electrons. The van der Waals surface area contributed by atoms with Crippen molar-refractivity contribution in [1.82, 2.24) is 9.78 Å². The van der Waals surface area contributed by atoms with Crippen molar-refractivity contribution in [2.45, 2.75) is 6.43 Å². The standard InChI is InChI=1S/C21H18F2N2O5/c1-28-20(26)17-18(13-7-6-10-15(11-13)30-12-16(22)23)24-25(19(17)21(27)29-2)14-8-4-3-5-9-14/h3-11,16H,12H2,1-2H3. The minimum atomic E-state index is -2.64. The first-order valence-electron chi connectivity index (χ1n) is 8.82. The average molecular weight is 416 g/mol. The number of methoxy groups -OCH3 is 2. The molecule has 30 heavy (non-hydrogen) atoms. The van der Waals surface area contributed by atoms with E-state index in [1.54, 1.807) is 42.5 Å². The molecule has 0 N–H and O–H groups in total. The molecule has 0 atom stereocenters. The van der Waals surface area contributed by atoms with Gasteiger partial charge in [0, 0.05) is 5.56 Å². The van der Waals surface area contributed by atoms with Gasteiger partial charge in [-0.25, -0.2) is 23.1 Å². The number of aromatic nitrogens is 2. The molecule has 0 spiro atoms. The first kappa shape index (κ1) is 21.0. The molecule has 0 amide bonds. The fourth-order valence-corrected chi connectivity index (χ4v) is 2.85. The van der Waals surface area contributed by atoms with Crippen LogP contribution >= 0.6 is 0 Å². The molecule has 1 heterocycles. The summed E-state index contributed by atoms with van der Waals surface area (Å²) in [6.45, 7) is -0.779. The van der Waals surface area contributed by atoms with E-state index in [0.29, 0.717) is 11.3 Å². The van der Waals surface area contributed by atoms with Crippen molar-refractivity contribution in [3.8, 4) is 22.7 Å². The van der Waals surface area contributed by atoms with Crippen LogP contribution in [0.1, 0.15) is 20.8 Å². The molecular formula is C21H18F2N2O5. The summed E-state index contributed by atoms with van der Waals surface area (Å²) in [5.74, 6) is -1.42. The second-order valence-corrected chi connectivity index (χ2v) is 6.03. The summed E-state index contributed by atoms with van der Waals surface area (Å²) in [6, 6.07) is 14.8. The van der Waals surface area contributed by atoms with Crippen LogP contribution in [0.2, 0.25) is 0 Å². The van der Waals surface area contributed by atoms with E-state index >= 15 is 0 Å². The fraction of sp³-hybridized carbons (Fsp3) is 0.190. The maximum atomic E-state index is 12.6. The normalized spacial score (nSPS) is 10.7. The zero-order valence-electron chi connectivity index (χ0n) is 16.2. The van der Waals surface area contributed by atoms with Crippen LogP contribution in [0, 0.1) is 0 Å². The van der Waals surface area contributed by atoms with Crippen molar-refractivity contribution in [3.63, 3.8) is 0 Å². The third-order valence-corrected chi connectivity index (χ3v) is 4.14. The van der Waals surface area contributed by atoms with Gasteiger partial charge in [-0.05, 0) is 24.3 Å². The van der Waals surface area contributed by atoms with Crippen molar-refractivity contribution in [2.24, 2.45) is 0 Å². The number of esters is 2. The molecule has 0 fully saturated rings. The fourth-order valence-electron chi connectivity index (χ4n) is 2.85. The molecule has 0 bridgehead atoms. The smallest absolute Gasteiger partial charge is 0.357 e. The summed E-state index contributed by atoms with van der Waals surface area (Å²) in [4.78, 5) is 25.1. The van der Waals surface area contributed by atoms with E-state index in [4.69, 9.17) is 14.2 Å². The number of para-hydroxylation sites is 1. The number of rotatable bonds is 7. The molecule has 7 nitrogen and oxygen atoms in total. The topological polar surface area (TPSA) is 79.7 Å². The highest BCUT2D eigenvalue weighted by Gasteiger charge is 2.31. The van der Waals surface area contributed by atoms with Crippen LogP contribution < -0.4 is 4.74 Å². The van der Waals surface area contributed by atoms with Crippen molar-refractivity contribution >= 4 is 11.9 Å². The summed E-state index contributed by atoms with van der Waals surface area (Å²) in [5.41, 5.74) is 0.777. The van der Waals surface area contributed by atoms with Gasteiger partial charge in [-0.3, -0.25) is 0 Å². The Kier molecular flexibility index (Phi) is 6.41. The summed E-state index contributed by atoms with van der Waals surface area (Å²) in [7, 11) is 2.36. The summed E-state index contributed by atoms with van der Waals surface area (Å²) in [5, 5.41) is 4.44. The van der Waals surface area contributed by atoms with E-state index in [1.165, 1.54) is 31.0 Å². The number of ether oxygens (including phenoxy) is 3. The van der Waals surface area contributed by atoms with E-state index in [9.17, 15) is 18.4 Å². The van der Waals surface area contributed by atoms with Crippen LogP contribution in [0.15, 0.2) is 54.6 Å². The number of carbonyl (C=O) groups excluding carboxylic acids is 2. The third kappa shape index (κ3) is 4.29. The first-order chi connectivity index (χ1) is 14.5. The largest absolute Gasteiger partial charge is 0.488 e. The van der Waals surface area contributed by atoms with Gasteiger partial charge in [-0.15, -0.1) is 0 Å². The van der Waals surface area contributed by atoms with Crippen molar-refractivity contribution < 1.29 is 32.6 Å². The predicted octanol–water partition coefficient (Wildman–Crippen LogP) is 3.76. The molecule has 156 valence electrons. The van der Waals surface area contributed by atoms with Gasteiger partial charge in [-0.2, -0.15) is 5.10 Å². The van der Waals surface area contributed by atoms with Gasteiger partial charge in [0.1, 0.15) is 23.6 Å². The van der Waals surface area contributed by atoms with Crippen LogP contribution in [0.5, 0.6) is 5.75 Å². The second-order valence-electron chi connectivity index (χ2n) is 6.03. The molecule has 0 aliphatic rings. The van der Waals surface area contributed by atoms with Crippen LogP contribution in [-0.4, -0.2) is 49.0 Å². The average Bonchev–Trinajstić information content (AvgIpc) is 3.18. The number of benzene rings is 2. The summed E-state index contributed by atoms with van der Waals surface area (Å²) in [6.07, 6.45) is -2.64. The maximum Gasteiger partial charge on any atom is 0.357 e. The Bertz CT molecular complexity index is 1050. The Morgan fingerprint density at radius 2 is 1.70 bits per heavy atom. The third-order valence-electron chi connectivity index (χ3n) is 4.14. The quantitative estimate of drug-likeness (QED) is 0.546. The van der Waals surface area contributed by atoms with Gasteiger partial charge in [0.15, 0.2) is 5.69 Å². The SMILES string of the molecule is COC(=O)c1c(-c2cccc(OCC(F)F)c2)nn(-c2ccccc2)c1C(=O)OC. The molecule has 0 aliphatic heterocycles. The van der Waals surface area contributed by atoms with Crippen LogP contribution in [0.3, 0.4) is 0 Å². The van der Waals surface area contributed by atoms with E-state index in [1.807, 2.05) is 0 Å². The Labute approximate surface area is 170 Å². The zero-order chi connectivity index (χ0) is 21.7. The minimum Gasteiger partial charge on any atom is -0.488 e. The number of halogens is 2. The van der Waals surface area contributed by atoms with E-state index < -0.39 is 25.0 Å². The van der Waals surface area contributed by atoms with Gasteiger partial charge < -0.3 is 14.2 Å². The molecule has 3 aromatic rings. The molecule has 0 aliphatic carbocycles. The molecule has 0 saturated heterocycles. The highest BCUT2D eigenvalue weighted by atomic mass is 19.3. The van der Waals surface area contributed by atoms with E-state index in [-0.39, 0.29) is 22.7 Å². The Morgan fingerprint density at radius 1 is 1.00 bits per heavy atom. The molecule has 3 rings (SSSR count). The molecule has 0 saturated carbocycles. The Hall–Kier alpha value is -3.75. The lowest BCUT2D eigenvalue weighted by Gasteiger charge is -2.08. The van der Waals surface area contributed by atoms with E-state index in [0.717, 1.165) is 0 Å². The highest BCUT2D eigenvalue weighted by molar-refractivity contribution is 6.06.